The molecule has 1 saturated carbocycles. The van der Waals surface area contributed by atoms with Gasteiger partial charge in [0.25, 0.3) is 0 Å². The summed E-state index contributed by atoms with van der Waals surface area (Å²) in [5, 5.41) is 54.2. The van der Waals surface area contributed by atoms with E-state index in [2.05, 4.69) is 13.0 Å². The molecule has 184 valence electrons. The van der Waals surface area contributed by atoms with E-state index in [1.165, 1.54) is 5.57 Å². The molecule has 0 amide bonds. The number of fused-ring (bicyclic) bond motifs is 3. The van der Waals surface area contributed by atoms with Crippen LogP contribution in [0.15, 0.2) is 53.1 Å². The van der Waals surface area contributed by atoms with Gasteiger partial charge >= 0.3 is 0 Å². The number of hydrogen-bond acceptors (Lipinski definition) is 6. The van der Waals surface area contributed by atoms with E-state index in [0.29, 0.717) is 31.3 Å². The SMILES string of the molecule is CN(C)C1CC2(O)CCC3=C(C=C2C(O)C1O)C(O)CC1(C)C(c2ccc(CO)cc2)=CCC31. The van der Waals surface area contributed by atoms with Crippen LogP contribution in [0.5, 0.6) is 0 Å². The number of aliphatic hydroxyl groups is 5. The van der Waals surface area contributed by atoms with Crippen molar-refractivity contribution in [2.45, 2.75) is 75.6 Å². The first-order valence-corrected chi connectivity index (χ1v) is 12.4. The topological polar surface area (TPSA) is 104 Å². The molecule has 5 N–H and O–H groups in total. The number of benzene rings is 1. The summed E-state index contributed by atoms with van der Waals surface area (Å²) >= 11 is 0. The van der Waals surface area contributed by atoms with Crippen LogP contribution in [0.4, 0.5) is 0 Å². The number of allylic oxidation sites excluding steroid dienone is 3. The van der Waals surface area contributed by atoms with E-state index in [1.807, 2.05) is 43.3 Å². The van der Waals surface area contributed by atoms with Crippen molar-refractivity contribution in [1.82, 2.24) is 4.90 Å². The first-order valence-electron chi connectivity index (χ1n) is 12.4. The normalized spacial score (nSPS) is 39.7. The third kappa shape index (κ3) is 3.55. The largest absolute Gasteiger partial charge is 0.392 e. The van der Waals surface area contributed by atoms with Crippen LogP contribution in [0.2, 0.25) is 0 Å². The summed E-state index contributed by atoms with van der Waals surface area (Å²) in [6, 6.07) is 7.64. The predicted molar refractivity (Wildman–Crippen MR) is 131 cm³/mol. The van der Waals surface area contributed by atoms with Crippen molar-refractivity contribution < 1.29 is 25.5 Å². The molecule has 7 unspecified atom stereocenters. The number of nitrogens with zero attached hydrogens (tertiary/aromatic N) is 1. The Kier molecular flexibility index (Phi) is 5.91. The minimum Gasteiger partial charge on any atom is -0.392 e. The summed E-state index contributed by atoms with van der Waals surface area (Å²) in [5.74, 6) is 0.214. The van der Waals surface area contributed by atoms with Crippen LogP contribution >= 0.6 is 0 Å². The van der Waals surface area contributed by atoms with E-state index in [1.54, 1.807) is 6.08 Å². The van der Waals surface area contributed by atoms with Gasteiger partial charge in [-0.1, -0.05) is 48.9 Å². The van der Waals surface area contributed by atoms with E-state index in [-0.39, 0.29) is 24.0 Å². The van der Waals surface area contributed by atoms with Crippen molar-refractivity contribution in [2.75, 3.05) is 14.1 Å². The van der Waals surface area contributed by atoms with Gasteiger partial charge in [0.05, 0.1) is 24.4 Å². The van der Waals surface area contributed by atoms with Gasteiger partial charge in [0.15, 0.2) is 0 Å². The maximum Gasteiger partial charge on any atom is 0.105 e. The van der Waals surface area contributed by atoms with Crippen molar-refractivity contribution >= 4 is 5.57 Å². The van der Waals surface area contributed by atoms with Gasteiger partial charge < -0.3 is 30.4 Å². The van der Waals surface area contributed by atoms with Gasteiger partial charge in [0, 0.05) is 11.5 Å². The van der Waals surface area contributed by atoms with Crippen molar-refractivity contribution in [3.63, 3.8) is 0 Å². The Morgan fingerprint density at radius 2 is 1.76 bits per heavy atom. The van der Waals surface area contributed by atoms with Gasteiger partial charge in [-0.2, -0.15) is 0 Å². The minimum atomic E-state index is -1.21. The fourth-order valence-electron chi connectivity index (χ4n) is 7.08. The highest BCUT2D eigenvalue weighted by Crippen LogP contribution is 2.60. The van der Waals surface area contributed by atoms with Crippen LogP contribution in [0.3, 0.4) is 0 Å². The zero-order valence-electron chi connectivity index (χ0n) is 20.3. The van der Waals surface area contributed by atoms with Crippen molar-refractivity contribution in [3.8, 4) is 0 Å². The van der Waals surface area contributed by atoms with Crippen LogP contribution in [0.1, 0.15) is 50.2 Å². The van der Waals surface area contributed by atoms with Gasteiger partial charge in [-0.05, 0) is 80.0 Å². The van der Waals surface area contributed by atoms with Crippen molar-refractivity contribution in [3.05, 3.63) is 64.3 Å². The van der Waals surface area contributed by atoms with Gasteiger partial charge in [-0.25, -0.2) is 0 Å². The third-order valence-electron chi connectivity index (χ3n) is 9.06. The Morgan fingerprint density at radius 3 is 2.41 bits per heavy atom. The second-order valence-electron chi connectivity index (χ2n) is 11.2. The molecule has 0 aromatic heterocycles. The Hall–Kier alpha value is -1.80. The van der Waals surface area contributed by atoms with Crippen LogP contribution < -0.4 is 0 Å². The number of aliphatic hydroxyl groups excluding tert-OH is 4. The van der Waals surface area contributed by atoms with E-state index in [0.717, 1.165) is 28.7 Å². The molecule has 0 heterocycles. The van der Waals surface area contributed by atoms with Crippen molar-refractivity contribution in [2.24, 2.45) is 11.3 Å². The highest BCUT2D eigenvalue weighted by molar-refractivity contribution is 5.74. The molecule has 1 fully saturated rings. The summed E-state index contributed by atoms with van der Waals surface area (Å²) in [4.78, 5) is 1.86. The molecule has 34 heavy (non-hydrogen) atoms. The van der Waals surface area contributed by atoms with E-state index >= 15 is 0 Å². The number of likely N-dealkylation sites (N-methyl/N-ethyl adjacent to an activating group) is 1. The monoisotopic (exact) mass is 467 g/mol. The standard InChI is InChI=1S/C28H37NO5/c1-27-14-24(31)19-12-22-25(32)26(33)23(29(2)3)13-28(22,34)11-10-18(19)21(27)9-8-20(27)17-6-4-16(15-30)5-7-17/h4-8,12,21,23-26,30-34H,9-11,13-15H2,1-3H3. The van der Waals surface area contributed by atoms with Gasteiger partial charge in [0.1, 0.15) is 6.10 Å². The highest BCUT2D eigenvalue weighted by atomic mass is 16.3. The molecule has 0 bridgehead atoms. The first kappa shape index (κ1) is 23.9. The quantitative estimate of drug-likeness (QED) is 0.467. The van der Waals surface area contributed by atoms with Gasteiger partial charge in [0.2, 0.25) is 0 Å². The minimum absolute atomic E-state index is 0.0149. The Morgan fingerprint density at radius 1 is 1.06 bits per heavy atom. The van der Waals surface area contributed by atoms with Crippen LogP contribution in [-0.2, 0) is 6.61 Å². The summed E-state index contributed by atoms with van der Waals surface area (Å²) in [5.41, 5.74) is 4.19. The van der Waals surface area contributed by atoms with Crippen LogP contribution in [0.25, 0.3) is 5.57 Å². The Labute approximate surface area is 201 Å². The maximum absolute atomic E-state index is 11.7. The molecule has 4 aliphatic rings. The van der Waals surface area contributed by atoms with Gasteiger partial charge in [-0.3, -0.25) is 0 Å². The summed E-state index contributed by atoms with van der Waals surface area (Å²) in [6.07, 6.45) is 4.11. The lowest BCUT2D eigenvalue weighted by Crippen LogP contribution is -2.58. The van der Waals surface area contributed by atoms with Crippen molar-refractivity contribution in [1.29, 1.82) is 0 Å². The third-order valence-corrected chi connectivity index (χ3v) is 9.06. The molecule has 1 aromatic carbocycles. The van der Waals surface area contributed by atoms with E-state index in [4.69, 9.17) is 0 Å². The maximum atomic E-state index is 11.7. The lowest BCUT2D eigenvalue weighted by molar-refractivity contribution is -0.0922. The average molecular weight is 468 g/mol. The second kappa shape index (κ2) is 8.40. The average Bonchev–Trinajstić information content (AvgIpc) is 3.05. The number of rotatable bonds is 3. The molecular formula is C28H37NO5. The Balaban J connectivity index is 1.51. The summed E-state index contributed by atoms with van der Waals surface area (Å²) < 4.78 is 0. The molecule has 4 aliphatic carbocycles. The van der Waals surface area contributed by atoms with Crippen LogP contribution in [0, 0.1) is 11.3 Å². The molecule has 0 radical (unpaired) electrons. The molecule has 5 rings (SSSR count). The molecule has 0 spiro atoms. The number of hydrogen-bond donors (Lipinski definition) is 5. The fourth-order valence-corrected chi connectivity index (χ4v) is 7.08. The zero-order valence-corrected chi connectivity index (χ0v) is 20.3. The van der Waals surface area contributed by atoms with E-state index in [9.17, 15) is 25.5 Å². The predicted octanol–water partition coefficient (Wildman–Crippen LogP) is 2.16. The zero-order chi connectivity index (χ0) is 24.4. The lowest BCUT2D eigenvalue weighted by atomic mass is 9.61. The highest BCUT2D eigenvalue weighted by Gasteiger charge is 2.53. The molecule has 1 aromatic rings. The summed E-state index contributed by atoms with van der Waals surface area (Å²) in [6.45, 7) is 2.24. The smallest absolute Gasteiger partial charge is 0.105 e. The molecular weight excluding hydrogens is 430 g/mol. The van der Waals surface area contributed by atoms with E-state index < -0.39 is 23.9 Å². The molecule has 6 nitrogen and oxygen atoms in total. The fraction of sp³-hybridized carbons (Fsp3) is 0.571. The second-order valence-corrected chi connectivity index (χ2v) is 11.2. The molecule has 0 aliphatic heterocycles. The van der Waals surface area contributed by atoms with Crippen LogP contribution in [-0.4, -0.2) is 74.5 Å². The molecule has 0 saturated heterocycles. The first-order chi connectivity index (χ1) is 16.1. The lowest BCUT2D eigenvalue weighted by Gasteiger charge is -2.46. The molecule has 6 heteroatoms. The Bertz CT molecular complexity index is 1060. The summed E-state index contributed by atoms with van der Waals surface area (Å²) in [7, 11) is 3.71. The van der Waals surface area contributed by atoms with Gasteiger partial charge in [-0.15, -0.1) is 0 Å². The molecule has 7 atom stereocenters.